The Morgan fingerprint density at radius 3 is 2.70 bits per heavy atom. The van der Waals surface area contributed by atoms with E-state index in [9.17, 15) is 9.18 Å². The molecule has 0 aromatic heterocycles. The first-order chi connectivity index (χ1) is 9.74. The molecule has 1 aliphatic carbocycles. The van der Waals surface area contributed by atoms with E-state index < -0.39 is 0 Å². The van der Waals surface area contributed by atoms with E-state index in [1.165, 1.54) is 18.9 Å². The van der Waals surface area contributed by atoms with Crippen LogP contribution in [0, 0.1) is 5.82 Å². The normalized spacial score (nSPS) is 20.8. The molecule has 1 saturated heterocycles. The minimum absolute atomic E-state index is 0.0488. The fraction of sp³-hybridized carbons (Fsp3) is 0.562. The van der Waals surface area contributed by atoms with Crippen LogP contribution in [0.2, 0.25) is 0 Å². The van der Waals surface area contributed by atoms with Gasteiger partial charge in [-0.05, 0) is 30.9 Å². The molecule has 1 saturated carbocycles. The van der Waals surface area contributed by atoms with Crippen LogP contribution in [0.4, 0.5) is 4.39 Å². The molecular formula is C16H21FN2O. The maximum absolute atomic E-state index is 13.6. The molecule has 0 unspecified atom stereocenters. The molecule has 0 atom stereocenters. The van der Waals surface area contributed by atoms with Gasteiger partial charge in [0.1, 0.15) is 5.82 Å². The summed E-state index contributed by atoms with van der Waals surface area (Å²) < 4.78 is 13.6. The zero-order valence-electron chi connectivity index (χ0n) is 11.7. The van der Waals surface area contributed by atoms with Crippen molar-refractivity contribution in [3.8, 4) is 0 Å². The lowest BCUT2D eigenvalue weighted by molar-refractivity contribution is -0.130. The van der Waals surface area contributed by atoms with Gasteiger partial charge in [-0.25, -0.2) is 4.39 Å². The molecule has 108 valence electrons. The average molecular weight is 276 g/mol. The molecule has 0 spiro atoms. The fourth-order valence-electron chi connectivity index (χ4n) is 2.91. The van der Waals surface area contributed by atoms with Crippen molar-refractivity contribution in [2.75, 3.05) is 26.2 Å². The topological polar surface area (TPSA) is 23.6 Å². The highest BCUT2D eigenvalue weighted by molar-refractivity contribution is 5.78. The Bertz CT molecular complexity index is 487. The van der Waals surface area contributed by atoms with E-state index in [-0.39, 0.29) is 18.1 Å². The van der Waals surface area contributed by atoms with Crippen LogP contribution in [0.5, 0.6) is 0 Å². The van der Waals surface area contributed by atoms with Crippen molar-refractivity contribution in [2.24, 2.45) is 0 Å². The largest absolute Gasteiger partial charge is 0.341 e. The van der Waals surface area contributed by atoms with E-state index in [4.69, 9.17) is 0 Å². The number of hydrogen-bond acceptors (Lipinski definition) is 2. The molecule has 4 heteroatoms. The Morgan fingerprint density at radius 2 is 1.95 bits per heavy atom. The average Bonchev–Trinajstić information content (AvgIpc) is 3.27. The highest BCUT2D eigenvalue weighted by atomic mass is 19.1. The lowest BCUT2D eigenvalue weighted by Gasteiger charge is -2.22. The number of benzene rings is 1. The standard InChI is InChI=1S/C16H21FN2O/c17-15-5-2-1-4-13(15)12-16(20)19-9-3-8-18(10-11-19)14-6-7-14/h1-2,4-5,14H,3,6-12H2. The molecule has 0 bridgehead atoms. The van der Waals surface area contributed by atoms with Gasteiger partial charge in [0, 0.05) is 32.2 Å². The first-order valence-corrected chi connectivity index (χ1v) is 7.49. The summed E-state index contributed by atoms with van der Waals surface area (Å²) in [5, 5.41) is 0. The third-order valence-electron chi connectivity index (χ3n) is 4.25. The van der Waals surface area contributed by atoms with Crippen molar-refractivity contribution >= 4 is 5.91 Å². The summed E-state index contributed by atoms with van der Waals surface area (Å²) in [4.78, 5) is 16.7. The van der Waals surface area contributed by atoms with Crippen LogP contribution in [0.3, 0.4) is 0 Å². The fourth-order valence-corrected chi connectivity index (χ4v) is 2.91. The van der Waals surface area contributed by atoms with Crippen LogP contribution in [0.25, 0.3) is 0 Å². The molecule has 1 amide bonds. The van der Waals surface area contributed by atoms with Crippen LogP contribution in [-0.4, -0.2) is 47.9 Å². The second kappa shape index (κ2) is 5.92. The lowest BCUT2D eigenvalue weighted by atomic mass is 10.1. The van der Waals surface area contributed by atoms with Crippen LogP contribution in [0.1, 0.15) is 24.8 Å². The van der Waals surface area contributed by atoms with E-state index in [0.717, 1.165) is 38.6 Å². The zero-order chi connectivity index (χ0) is 13.9. The summed E-state index contributed by atoms with van der Waals surface area (Å²) >= 11 is 0. The Morgan fingerprint density at radius 1 is 1.15 bits per heavy atom. The van der Waals surface area contributed by atoms with E-state index in [1.54, 1.807) is 18.2 Å². The molecule has 20 heavy (non-hydrogen) atoms. The third-order valence-corrected chi connectivity index (χ3v) is 4.25. The van der Waals surface area contributed by atoms with E-state index in [2.05, 4.69) is 4.90 Å². The molecule has 0 radical (unpaired) electrons. The van der Waals surface area contributed by atoms with Gasteiger partial charge in [0.25, 0.3) is 0 Å². The number of carbonyl (C=O) groups excluding carboxylic acids is 1. The molecule has 1 aliphatic heterocycles. The first-order valence-electron chi connectivity index (χ1n) is 7.49. The van der Waals surface area contributed by atoms with Gasteiger partial charge >= 0.3 is 0 Å². The summed E-state index contributed by atoms with van der Waals surface area (Å²) in [5.41, 5.74) is 0.501. The van der Waals surface area contributed by atoms with Crippen molar-refractivity contribution in [2.45, 2.75) is 31.7 Å². The van der Waals surface area contributed by atoms with Crippen LogP contribution in [-0.2, 0) is 11.2 Å². The summed E-state index contributed by atoms with van der Waals surface area (Å²) in [6.45, 7) is 3.64. The van der Waals surface area contributed by atoms with Gasteiger partial charge in [-0.1, -0.05) is 18.2 Å². The van der Waals surface area contributed by atoms with Crippen molar-refractivity contribution in [3.05, 3.63) is 35.6 Å². The molecule has 3 nitrogen and oxygen atoms in total. The summed E-state index contributed by atoms with van der Waals surface area (Å²) in [5.74, 6) is -0.233. The number of amides is 1. The Hall–Kier alpha value is -1.42. The Balaban J connectivity index is 1.58. The first kappa shape index (κ1) is 13.6. The van der Waals surface area contributed by atoms with Gasteiger partial charge in [-0.2, -0.15) is 0 Å². The number of nitrogens with zero attached hydrogens (tertiary/aromatic N) is 2. The van der Waals surface area contributed by atoms with Crippen molar-refractivity contribution in [3.63, 3.8) is 0 Å². The Kier molecular flexibility index (Phi) is 4.01. The predicted octanol–water partition coefficient (Wildman–Crippen LogP) is 2.06. The monoisotopic (exact) mass is 276 g/mol. The minimum Gasteiger partial charge on any atom is -0.341 e. The number of hydrogen-bond donors (Lipinski definition) is 0. The SMILES string of the molecule is O=C(Cc1ccccc1F)N1CCCN(C2CC2)CC1. The minimum atomic E-state index is -0.282. The zero-order valence-corrected chi connectivity index (χ0v) is 11.7. The second-order valence-electron chi connectivity index (χ2n) is 5.77. The second-order valence-corrected chi connectivity index (χ2v) is 5.77. The molecule has 1 aromatic carbocycles. The molecule has 2 fully saturated rings. The van der Waals surface area contributed by atoms with Crippen LogP contribution in [0.15, 0.2) is 24.3 Å². The predicted molar refractivity (Wildman–Crippen MR) is 75.9 cm³/mol. The number of carbonyl (C=O) groups is 1. The van der Waals surface area contributed by atoms with Crippen LogP contribution >= 0.6 is 0 Å². The molecule has 1 aromatic rings. The molecule has 3 rings (SSSR count). The van der Waals surface area contributed by atoms with Crippen LogP contribution < -0.4 is 0 Å². The molecular weight excluding hydrogens is 255 g/mol. The highest BCUT2D eigenvalue weighted by Crippen LogP contribution is 2.27. The van der Waals surface area contributed by atoms with E-state index in [0.29, 0.717) is 5.56 Å². The summed E-state index contributed by atoms with van der Waals surface area (Å²) in [6.07, 6.45) is 3.82. The summed E-state index contributed by atoms with van der Waals surface area (Å²) in [6, 6.07) is 7.31. The van der Waals surface area contributed by atoms with Gasteiger partial charge in [0.2, 0.25) is 5.91 Å². The third kappa shape index (κ3) is 3.18. The van der Waals surface area contributed by atoms with E-state index >= 15 is 0 Å². The molecule has 1 heterocycles. The maximum atomic E-state index is 13.6. The van der Waals surface area contributed by atoms with Gasteiger partial charge in [-0.3, -0.25) is 9.69 Å². The van der Waals surface area contributed by atoms with Crippen molar-refractivity contribution in [1.29, 1.82) is 0 Å². The van der Waals surface area contributed by atoms with Gasteiger partial charge in [0.15, 0.2) is 0 Å². The molecule has 0 N–H and O–H groups in total. The van der Waals surface area contributed by atoms with E-state index in [1.807, 2.05) is 4.90 Å². The van der Waals surface area contributed by atoms with Gasteiger partial charge in [0.05, 0.1) is 6.42 Å². The molecule has 2 aliphatic rings. The Labute approximate surface area is 119 Å². The quantitative estimate of drug-likeness (QED) is 0.844. The maximum Gasteiger partial charge on any atom is 0.227 e. The smallest absolute Gasteiger partial charge is 0.227 e. The van der Waals surface area contributed by atoms with Crippen molar-refractivity contribution < 1.29 is 9.18 Å². The van der Waals surface area contributed by atoms with Crippen molar-refractivity contribution in [1.82, 2.24) is 9.80 Å². The lowest BCUT2D eigenvalue weighted by Crippen LogP contribution is -2.36. The number of halogens is 1. The van der Waals surface area contributed by atoms with Gasteiger partial charge in [-0.15, -0.1) is 0 Å². The summed E-state index contributed by atoms with van der Waals surface area (Å²) in [7, 11) is 0. The van der Waals surface area contributed by atoms with Gasteiger partial charge < -0.3 is 4.90 Å². The number of rotatable bonds is 3. The highest BCUT2D eigenvalue weighted by Gasteiger charge is 2.30.